The van der Waals surface area contributed by atoms with Gasteiger partial charge in [0.15, 0.2) is 0 Å². The second-order valence-corrected chi connectivity index (χ2v) is 7.76. The van der Waals surface area contributed by atoms with Crippen molar-refractivity contribution >= 4 is 29.1 Å². The fourth-order valence-electron chi connectivity index (χ4n) is 3.08. The molecule has 1 aromatic carbocycles. The molecule has 0 aliphatic heterocycles. The van der Waals surface area contributed by atoms with Crippen LogP contribution in [0, 0.1) is 13.8 Å². The zero-order valence-corrected chi connectivity index (χ0v) is 18.1. The van der Waals surface area contributed by atoms with Crippen LogP contribution in [-0.2, 0) is 0 Å². The van der Waals surface area contributed by atoms with E-state index in [-0.39, 0.29) is 0 Å². The summed E-state index contributed by atoms with van der Waals surface area (Å²) in [5, 5.41) is 7.52. The minimum Gasteiger partial charge on any atom is -0.354 e. The van der Waals surface area contributed by atoms with Crippen LogP contribution in [0.2, 0.25) is 5.02 Å². The van der Waals surface area contributed by atoms with Crippen LogP contribution in [0.3, 0.4) is 0 Å². The summed E-state index contributed by atoms with van der Waals surface area (Å²) >= 11 is 6.18. The number of nitrogens with one attached hydrogen (secondary N) is 2. The van der Waals surface area contributed by atoms with E-state index in [1.165, 1.54) is 0 Å². The Labute approximate surface area is 177 Å². The van der Waals surface area contributed by atoms with Crippen molar-refractivity contribution in [1.82, 2.24) is 19.9 Å². The molecule has 0 bridgehead atoms. The van der Waals surface area contributed by atoms with Gasteiger partial charge in [-0.25, -0.2) is 4.98 Å². The van der Waals surface area contributed by atoms with Gasteiger partial charge in [0, 0.05) is 41.3 Å². The van der Waals surface area contributed by atoms with Gasteiger partial charge in [0.25, 0.3) is 0 Å². The largest absolute Gasteiger partial charge is 0.354 e. The molecule has 0 aliphatic carbocycles. The Morgan fingerprint density at radius 2 is 1.83 bits per heavy atom. The number of hydrogen-bond donors (Lipinski definition) is 2. The molecule has 29 heavy (non-hydrogen) atoms. The lowest BCUT2D eigenvalue weighted by Crippen LogP contribution is -2.17. The molecule has 0 aliphatic rings. The number of pyridine rings is 1. The van der Waals surface area contributed by atoms with Gasteiger partial charge in [0.1, 0.15) is 5.82 Å². The van der Waals surface area contributed by atoms with Crippen molar-refractivity contribution in [3.8, 4) is 11.3 Å². The number of anilines is 3. The Balaban J connectivity index is 1.90. The molecular formula is C22H27ClN6. The highest BCUT2D eigenvalue weighted by Crippen LogP contribution is 2.29. The van der Waals surface area contributed by atoms with Crippen molar-refractivity contribution < 1.29 is 0 Å². The van der Waals surface area contributed by atoms with Gasteiger partial charge in [-0.05, 0) is 76.3 Å². The Morgan fingerprint density at radius 1 is 1.07 bits per heavy atom. The Kier molecular flexibility index (Phi) is 7.01. The average molecular weight is 411 g/mol. The maximum atomic E-state index is 6.18. The molecule has 152 valence electrons. The number of halogens is 1. The molecular weight excluding hydrogens is 384 g/mol. The van der Waals surface area contributed by atoms with Crippen LogP contribution < -0.4 is 10.6 Å². The van der Waals surface area contributed by atoms with Gasteiger partial charge in [-0.3, -0.25) is 4.98 Å². The maximum absolute atomic E-state index is 6.18. The van der Waals surface area contributed by atoms with Crippen molar-refractivity contribution in [3.05, 3.63) is 58.9 Å². The van der Waals surface area contributed by atoms with Crippen molar-refractivity contribution in [2.75, 3.05) is 37.8 Å². The quantitative estimate of drug-likeness (QED) is 0.514. The number of nitrogens with zero attached hydrogens (tertiary/aromatic N) is 4. The van der Waals surface area contributed by atoms with Crippen LogP contribution in [0.15, 0.2) is 42.7 Å². The minimum absolute atomic E-state index is 0.594. The summed E-state index contributed by atoms with van der Waals surface area (Å²) in [6.45, 7) is 5.87. The summed E-state index contributed by atoms with van der Waals surface area (Å²) in [5.74, 6) is 1.32. The van der Waals surface area contributed by atoms with Crippen LogP contribution in [0.25, 0.3) is 11.3 Å². The van der Waals surface area contributed by atoms with E-state index >= 15 is 0 Å². The third-order valence-corrected chi connectivity index (χ3v) is 4.72. The van der Waals surface area contributed by atoms with Gasteiger partial charge >= 0.3 is 0 Å². The standard InChI is InChI=1S/C22H27ClN6/c1-15-11-18(23)12-16(2)21(15)27-20-13-19(17-7-5-8-24-14-17)26-22(28-20)25-9-6-10-29(3)4/h5,7-8,11-14H,6,9-10H2,1-4H3,(H2,25,26,27,28). The van der Waals surface area contributed by atoms with Gasteiger partial charge in [0.05, 0.1) is 5.69 Å². The lowest BCUT2D eigenvalue weighted by molar-refractivity contribution is 0.405. The minimum atomic E-state index is 0.594. The van der Waals surface area contributed by atoms with Crippen molar-refractivity contribution in [2.24, 2.45) is 0 Å². The van der Waals surface area contributed by atoms with Crippen LogP contribution in [0.1, 0.15) is 17.5 Å². The average Bonchev–Trinajstić information content (AvgIpc) is 2.68. The van der Waals surface area contributed by atoms with Gasteiger partial charge < -0.3 is 15.5 Å². The molecule has 3 aromatic rings. The highest BCUT2D eigenvalue weighted by Gasteiger charge is 2.10. The van der Waals surface area contributed by atoms with Crippen molar-refractivity contribution in [1.29, 1.82) is 0 Å². The zero-order valence-electron chi connectivity index (χ0n) is 17.3. The number of rotatable bonds is 8. The topological polar surface area (TPSA) is 66.0 Å². The second kappa shape index (κ2) is 9.67. The van der Waals surface area contributed by atoms with Crippen LogP contribution in [-0.4, -0.2) is 47.0 Å². The zero-order chi connectivity index (χ0) is 20.8. The molecule has 6 nitrogen and oxygen atoms in total. The van der Waals surface area contributed by atoms with E-state index in [9.17, 15) is 0 Å². The first-order valence-corrected chi connectivity index (χ1v) is 10.0. The molecule has 0 fully saturated rings. The van der Waals surface area contributed by atoms with Crippen LogP contribution in [0.5, 0.6) is 0 Å². The summed E-state index contributed by atoms with van der Waals surface area (Å²) < 4.78 is 0. The molecule has 7 heteroatoms. The van der Waals surface area contributed by atoms with E-state index in [1.807, 2.05) is 44.2 Å². The Hall–Kier alpha value is -2.70. The molecule has 2 N–H and O–H groups in total. The van der Waals surface area contributed by atoms with Crippen LogP contribution in [0.4, 0.5) is 17.5 Å². The molecule has 0 atom stereocenters. The normalized spacial score (nSPS) is 11.0. The predicted octanol–water partition coefficient (Wildman–Crippen LogP) is 4.92. The van der Waals surface area contributed by atoms with Gasteiger partial charge in [-0.1, -0.05) is 11.6 Å². The fraction of sp³-hybridized carbons (Fsp3) is 0.318. The van der Waals surface area contributed by atoms with Crippen LogP contribution >= 0.6 is 11.6 Å². The van der Waals surface area contributed by atoms with Gasteiger partial charge in [0.2, 0.25) is 5.95 Å². The highest BCUT2D eigenvalue weighted by molar-refractivity contribution is 6.30. The lowest BCUT2D eigenvalue weighted by Gasteiger charge is -2.15. The molecule has 0 amide bonds. The highest BCUT2D eigenvalue weighted by atomic mass is 35.5. The van der Waals surface area contributed by atoms with E-state index in [0.29, 0.717) is 5.95 Å². The van der Waals surface area contributed by atoms with E-state index in [0.717, 1.165) is 58.4 Å². The molecule has 0 radical (unpaired) electrons. The van der Waals surface area contributed by atoms with E-state index in [2.05, 4.69) is 44.6 Å². The fourth-order valence-corrected chi connectivity index (χ4v) is 3.41. The summed E-state index contributed by atoms with van der Waals surface area (Å²) in [5.41, 5.74) is 4.90. The first-order valence-electron chi connectivity index (χ1n) is 9.64. The molecule has 0 spiro atoms. The SMILES string of the molecule is Cc1cc(Cl)cc(C)c1Nc1cc(-c2cccnc2)nc(NCCCN(C)C)n1. The number of hydrogen-bond acceptors (Lipinski definition) is 6. The maximum Gasteiger partial charge on any atom is 0.225 e. The van der Waals surface area contributed by atoms with Gasteiger partial charge in [-0.2, -0.15) is 4.98 Å². The Morgan fingerprint density at radius 3 is 2.48 bits per heavy atom. The smallest absolute Gasteiger partial charge is 0.225 e. The summed E-state index contributed by atoms with van der Waals surface area (Å²) in [6, 6.07) is 9.73. The monoisotopic (exact) mass is 410 g/mol. The summed E-state index contributed by atoms with van der Waals surface area (Å²) in [7, 11) is 4.14. The molecule has 0 unspecified atom stereocenters. The summed E-state index contributed by atoms with van der Waals surface area (Å²) in [4.78, 5) is 15.7. The predicted molar refractivity (Wildman–Crippen MR) is 121 cm³/mol. The van der Waals surface area contributed by atoms with E-state index < -0.39 is 0 Å². The molecule has 0 saturated carbocycles. The number of aromatic nitrogens is 3. The first kappa shape index (κ1) is 21.0. The molecule has 0 saturated heterocycles. The third-order valence-electron chi connectivity index (χ3n) is 4.50. The molecule has 2 aromatic heterocycles. The van der Waals surface area contributed by atoms with E-state index in [4.69, 9.17) is 11.6 Å². The molecule has 3 rings (SSSR count). The first-order chi connectivity index (χ1) is 13.9. The van der Waals surface area contributed by atoms with Gasteiger partial charge in [-0.15, -0.1) is 0 Å². The van der Waals surface area contributed by atoms with E-state index in [1.54, 1.807) is 12.4 Å². The Bertz CT molecular complexity index is 936. The van der Waals surface area contributed by atoms with Crippen molar-refractivity contribution in [2.45, 2.75) is 20.3 Å². The lowest BCUT2D eigenvalue weighted by atomic mass is 10.1. The second-order valence-electron chi connectivity index (χ2n) is 7.33. The summed E-state index contributed by atoms with van der Waals surface area (Å²) in [6.07, 6.45) is 4.57. The number of aryl methyl sites for hydroxylation is 2. The van der Waals surface area contributed by atoms with Crippen molar-refractivity contribution in [3.63, 3.8) is 0 Å². The molecule has 2 heterocycles. The third kappa shape index (κ3) is 5.89. The number of benzene rings is 1.